The Kier molecular flexibility index (Phi) is 40.0. The van der Waals surface area contributed by atoms with Crippen LogP contribution < -0.4 is 35.5 Å². The minimum Gasteiger partial charge on any atom is -0.492 e. The minimum absolute atomic E-state index is 0.0698. The van der Waals surface area contributed by atoms with Gasteiger partial charge in [-0.2, -0.15) is 13.7 Å². The first-order valence-electron chi connectivity index (χ1n) is 30.4. The molecule has 0 aliphatic carbocycles. The summed E-state index contributed by atoms with van der Waals surface area (Å²) in [5, 5.41) is 45.7. The van der Waals surface area contributed by atoms with Crippen LogP contribution in [0.15, 0.2) is 54.7 Å². The number of hydrogen-bond donors (Lipinski definition) is 8. The summed E-state index contributed by atoms with van der Waals surface area (Å²) in [7, 11) is -3.31. The third kappa shape index (κ3) is 36.7. The van der Waals surface area contributed by atoms with E-state index < -0.39 is 82.0 Å². The van der Waals surface area contributed by atoms with Crippen molar-refractivity contribution in [3.05, 3.63) is 65.9 Å². The molecule has 1 aromatic heterocycles. The lowest BCUT2D eigenvalue weighted by Gasteiger charge is -2.21. The molecule has 2 aromatic carbocycles. The number of rotatable bonds is 37. The molecule has 2 heterocycles. The predicted octanol–water partition coefficient (Wildman–Crippen LogP) is 5.54. The SMILES string of the molecule is CCC(=O)O.CCC(C)CC(=O)O.CCCCCN(CCC)CC(=O)NCCNC(=O)CCC(NC(=O)Cc1cccc(OS(=O)(=O)F)c1)C(=O)NCCOc1ccc2nccc(C(=O)NCC(=O)N3CC(F)(P)CC3C#N)c2c1.CCCN(CCC)CC(=O)O. The number of carboxylic acids is 3. The quantitative estimate of drug-likeness (QED) is 0.0199. The fraction of sp³-hybridized carbons (Fsp3) is 0.590. The van der Waals surface area contributed by atoms with E-state index in [2.05, 4.69) is 61.4 Å². The van der Waals surface area contributed by atoms with Gasteiger partial charge in [-0.15, -0.1) is 0 Å². The van der Waals surface area contributed by atoms with Crippen molar-refractivity contribution >= 4 is 84.0 Å². The topological polar surface area (TPSA) is 373 Å². The van der Waals surface area contributed by atoms with E-state index in [1.54, 1.807) is 25.1 Å². The minimum atomic E-state index is -5.32. The largest absolute Gasteiger partial charge is 0.492 e. The Balaban J connectivity index is 0.00000144. The van der Waals surface area contributed by atoms with Crippen molar-refractivity contribution in [3.63, 3.8) is 0 Å². The first kappa shape index (κ1) is 81.3. The van der Waals surface area contributed by atoms with E-state index in [4.69, 9.17) is 20.1 Å². The van der Waals surface area contributed by atoms with Gasteiger partial charge in [0.1, 0.15) is 35.6 Å². The number of aliphatic carboxylic acids is 3. The number of amides is 6. The highest BCUT2D eigenvalue weighted by Gasteiger charge is 2.43. The molecule has 3 aromatic rings. The number of nitrogens with zero attached hydrogens (tertiary/aromatic N) is 5. The van der Waals surface area contributed by atoms with Gasteiger partial charge in [0.2, 0.25) is 29.5 Å². The third-order valence-electron chi connectivity index (χ3n) is 13.3. The Bertz CT molecular complexity index is 2950. The van der Waals surface area contributed by atoms with Gasteiger partial charge in [-0.25, -0.2) is 4.39 Å². The van der Waals surface area contributed by atoms with Crippen molar-refractivity contribution in [2.24, 2.45) is 5.92 Å². The van der Waals surface area contributed by atoms with Crippen molar-refractivity contribution in [1.82, 2.24) is 46.3 Å². The number of pyridine rings is 1. The lowest BCUT2D eigenvalue weighted by Crippen LogP contribution is -2.48. The number of nitrogens with one attached hydrogen (secondary N) is 5. The first-order chi connectivity index (χ1) is 43.0. The van der Waals surface area contributed by atoms with Crippen LogP contribution in [-0.4, -0.2) is 193 Å². The van der Waals surface area contributed by atoms with E-state index in [1.807, 2.05) is 41.0 Å². The van der Waals surface area contributed by atoms with Crippen LogP contribution in [0, 0.1) is 17.2 Å². The summed E-state index contributed by atoms with van der Waals surface area (Å²) < 4.78 is 59.6. The Labute approximate surface area is 534 Å². The molecule has 26 nitrogen and oxygen atoms in total. The zero-order valence-electron chi connectivity index (χ0n) is 53.2. The number of carbonyl (C=O) groups excluding carboxylic acids is 6. The molecule has 5 unspecified atom stereocenters. The summed E-state index contributed by atoms with van der Waals surface area (Å²) in [4.78, 5) is 117. The summed E-state index contributed by atoms with van der Waals surface area (Å²) in [6.45, 7) is 17.0. The van der Waals surface area contributed by atoms with E-state index in [0.29, 0.717) is 29.0 Å². The lowest BCUT2D eigenvalue weighted by atomic mass is 10.1. The highest BCUT2D eigenvalue weighted by atomic mass is 32.3. The van der Waals surface area contributed by atoms with E-state index in [9.17, 15) is 65.1 Å². The maximum Gasteiger partial charge on any atom is 0.488 e. The Morgan fingerprint density at radius 2 is 1.43 bits per heavy atom. The number of carboxylic acid groups (broad SMARTS) is 3. The molecule has 0 spiro atoms. The maximum atomic E-state index is 14.5. The monoisotopic (exact) mass is 1320 g/mol. The molecule has 6 amide bonds. The van der Waals surface area contributed by atoms with Crippen LogP contribution >= 0.6 is 9.24 Å². The number of carbonyl (C=O) groups is 9. The molecule has 0 saturated carbocycles. The number of fused-ring (bicyclic) bond motifs is 1. The first-order valence-corrected chi connectivity index (χ1v) is 32.3. The van der Waals surface area contributed by atoms with Gasteiger partial charge in [-0.05, 0) is 106 Å². The molecule has 0 radical (unpaired) electrons. The zero-order chi connectivity index (χ0) is 68.5. The highest BCUT2D eigenvalue weighted by molar-refractivity contribution is 7.81. The van der Waals surface area contributed by atoms with Crippen LogP contribution in [-0.2, 0) is 55.3 Å². The number of likely N-dealkylation sites (tertiary alicyclic amines) is 1. The van der Waals surface area contributed by atoms with Crippen LogP contribution in [0.1, 0.15) is 141 Å². The van der Waals surface area contributed by atoms with Crippen molar-refractivity contribution < 1.29 is 84.1 Å². The van der Waals surface area contributed by atoms with Gasteiger partial charge in [0.15, 0.2) is 0 Å². The van der Waals surface area contributed by atoms with Gasteiger partial charge >= 0.3 is 28.4 Å². The van der Waals surface area contributed by atoms with Gasteiger partial charge in [0, 0.05) is 50.4 Å². The van der Waals surface area contributed by atoms with Crippen LogP contribution in [0.4, 0.5) is 8.28 Å². The van der Waals surface area contributed by atoms with E-state index in [1.165, 1.54) is 30.5 Å². The number of nitriles is 1. The van der Waals surface area contributed by atoms with Crippen molar-refractivity contribution in [2.45, 2.75) is 149 Å². The number of unbranched alkanes of at least 4 members (excludes halogenated alkanes) is 2. The molecule has 1 aliphatic heterocycles. The molecule has 1 saturated heterocycles. The predicted molar refractivity (Wildman–Crippen MR) is 340 cm³/mol. The Morgan fingerprint density at radius 1 is 0.791 bits per heavy atom. The molecule has 508 valence electrons. The summed E-state index contributed by atoms with van der Waals surface area (Å²) >= 11 is 0. The second-order valence-corrected chi connectivity index (χ2v) is 23.4. The van der Waals surface area contributed by atoms with Crippen LogP contribution in [0.25, 0.3) is 10.9 Å². The molecule has 4 rings (SSSR count). The molecule has 1 aliphatic rings. The van der Waals surface area contributed by atoms with Crippen LogP contribution in [0.5, 0.6) is 11.5 Å². The second kappa shape index (κ2) is 44.7. The van der Waals surface area contributed by atoms with Crippen LogP contribution in [0.2, 0.25) is 0 Å². The van der Waals surface area contributed by atoms with Crippen molar-refractivity contribution in [2.75, 3.05) is 78.6 Å². The fourth-order valence-electron chi connectivity index (χ4n) is 8.76. The molecular weight excluding hydrogens is 1230 g/mol. The van der Waals surface area contributed by atoms with Crippen molar-refractivity contribution in [1.29, 1.82) is 5.26 Å². The normalized spacial score (nSPS) is 14.7. The molecule has 30 heteroatoms. The van der Waals surface area contributed by atoms with Gasteiger partial charge < -0.3 is 55.7 Å². The Hall–Kier alpha value is -7.67. The summed E-state index contributed by atoms with van der Waals surface area (Å²) in [6, 6.07) is 11.0. The molecule has 0 bridgehead atoms. The third-order valence-corrected chi connectivity index (χ3v) is 14.1. The average Bonchev–Trinajstić information content (AvgIpc) is 1.81. The molecular formula is C61H93F2N10O16PS. The second-order valence-electron chi connectivity index (χ2n) is 21.4. The number of benzene rings is 2. The number of aromatic nitrogens is 1. The molecule has 91 heavy (non-hydrogen) atoms. The van der Waals surface area contributed by atoms with E-state index >= 15 is 0 Å². The molecule has 1 fully saturated rings. The Morgan fingerprint density at radius 3 is 1.99 bits per heavy atom. The fourth-order valence-corrected chi connectivity index (χ4v) is 9.51. The van der Waals surface area contributed by atoms with Gasteiger partial charge in [0.05, 0.1) is 56.3 Å². The maximum absolute atomic E-state index is 14.5. The number of halogens is 2. The van der Waals surface area contributed by atoms with Gasteiger partial charge in [-0.1, -0.05) is 93.0 Å². The summed E-state index contributed by atoms with van der Waals surface area (Å²) in [5.41, 5.74) is 0.830. The number of ether oxygens (including phenoxy) is 1. The molecule has 5 atom stereocenters. The summed E-state index contributed by atoms with van der Waals surface area (Å²) in [5.74, 6) is -5.10. The average molecular weight is 1320 g/mol. The zero-order valence-corrected chi connectivity index (χ0v) is 55.2. The molecule has 8 N–H and O–H groups in total. The smallest absolute Gasteiger partial charge is 0.488 e. The van der Waals surface area contributed by atoms with Crippen molar-refractivity contribution in [3.8, 4) is 17.6 Å². The standard InChI is InChI=1S/C44H58F2N9O10PS.C8H17NO2.C6H12O2.C3H6O2/c1-3-5-6-20-54(19-4-2)28-40(58)50-17-16-49-38(56)13-12-37(53-39(57)23-30-8-7-9-33(22-30)65-67(46,62)63)43(61)51-18-21-64-32-10-11-36-35(24-32)34(14-15-48-36)42(60)52-27-41(59)55-29-44(45,66)25-31(55)26-47;1-3-5-9(6-4-2)7-8(10)11;1-3-5(2)4-6(7)8;1-2-3(4)5/h7-11,14-15,22,24,31,37H,3-6,12-13,16-21,23,25,27-29,66H2,1-2H3,(H,49,56)(H,50,58)(H,51,61)(H,52,60)(H,53,57);3-7H2,1-2H3,(H,10,11);5H,3-4H2,1-2H3,(H,7,8);2H2,1H3,(H,4,5). The number of hydrogen-bond acceptors (Lipinski definition) is 17. The highest BCUT2D eigenvalue weighted by Crippen LogP contribution is 2.36. The van der Waals surface area contributed by atoms with Crippen LogP contribution in [0.3, 0.4) is 0 Å². The van der Waals surface area contributed by atoms with E-state index in [-0.39, 0.29) is 101 Å². The van der Waals surface area contributed by atoms with Gasteiger partial charge in [-0.3, -0.25) is 57.9 Å². The van der Waals surface area contributed by atoms with E-state index in [0.717, 1.165) is 82.1 Å². The lowest BCUT2D eigenvalue weighted by molar-refractivity contribution is -0.139. The number of alkyl halides is 1. The summed E-state index contributed by atoms with van der Waals surface area (Å²) in [6.07, 6.45) is 8.15. The van der Waals surface area contributed by atoms with Gasteiger partial charge in [0.25, 0.3) is 5.91 Å².